The van der Waals surface area contributed by atoms with Gasteiger partial charge >= 0.3 is 5.97 Å². The quantitative estimate of drug-likeness (QED) is 0.772. The summed E-state index contributed by atoms with van der Waals surface area (Å²) in [5.74, 6) is -0.896. The van der Waals surface area contributed by atoms with E-state index in [1.54, 1.807) is 19.1 Å². The van der Waals surface area contributed by atoms with Crippen molar-refractivity contribution in [3.63, 3.8) is 0 Å². The number of benzene rings is 1. The Balaban J connectivity index is 3.20. The van der Waals surface area contributed by atoms with Crippen LogP contribution in [0.2, 0.25) is 0 Å². The fourth-order valence-electron chi connectivity index (χ4n) is 1.51. The summed E-state index contributed by atoms with van der Waals surface area (Å²) in [4.78, 5) is 10.8. The van der Waals surface area contributed by atoms with E-state index in [0.29, 0.717) is 5.56 Å². The number of nitrogens with two attached hydrogens (primary N) is 1. The number of rotatable bonds is 3. The fraction of sp³-hybridized carbons (Fsp3) is 0.364. The Hall–Kier alpha value is -1.35. The summed E-state index contributed by atoms with van der Waals surface area (Å²) in [6, 6.07) is 5.15. The summed E-state index contributed by atoms with van der Waals surface area (Å²) in [7, 11) is 0. The molecule has 0 aliphatic heterocycles. The Labute approximate surface area is 83.6 Å². The second kappa shape index (κ2) is 4.24. The molecular formula is C11H15NO2. The van der Waals surface area contributed by atoms with Crippen LogP contribution < -0.4 is 5.73 Å². The molecule has 14 heavy (non-hydrogen) atoms. The second-order valence-electron chi connectivity index (χ2n) is 3.34. The van der Waals surface area contributed by atoms with Crippen molar-refractivity contribution in [3.8, 4) is 0 Å². The molecule has 0 radical (unpaired) electrons. The number of aromatic carboxylic acids is 1. The van der Waals surface area contributed by atoms with Gasteiger partial charge in [-0.05, 0) is 30.5 Å². The molecule has 0 aliphatic carbocycles. The molecule has 0 fully saturated rings. The Kier molecular flexibility index (Phi) is 3.25. The normalized spacial score (nSPS) is 12.5. The highest BCUT2D eigenvalue weighted by molar-refractivity contribution is 5.89. The van der Waals surface area contributed by atoms with Crippen molar-refractivity contribution in [2.45, 2.75) is 26.3 Å². The summed E-state index contributed by atoms with van der Waals surface area (Å²) < 4.78 is 0. The molecule has 0 heterocycles. The fourth-order valence-corrected chi connectivity index (χ4v) is 1.51. The molecule has 3 N–H and O–H groups in total. The van der Waals surface area contributed by atoms with Crippen LogP contribution in [0.1, 0.15) is 40.9 Å². The van der Waals surface area contributed by atoms with E-state index in [0.717, 1.165) is 17.5 Å². The van der Waals surface area contributed by atoms with E-state index in [1.165, 1.54) is 0 Å². The van der Waals surface area contributed by atoms with E-state index >= 15 is 0 Å². The van der Waals surface area contributed by atoms with Gasteiger partial charge in [0.05, 0.1) is 5.56 Å². The van der Waals surface area contributed by atoms with Gasteiger partial charge in [0.25, 0.3) is 0 Å². The number of hydrogen-bond acceptors (Lipinski definition) is 2. The summed E-state index contributed by atoms with van der Waals surface area (Å²) in [5.41, 5.74) is 7.91. The lowest BCUT2D eigenvalue weighted by Gasteiger charge is -2.13. The molecular weight excluding hydrogens is 178 g/mol. The molecule has 76 valence electrons. The van der Waals surface area contributed by atoms with Gasteiger partial charge in [-0.3, -0.25) is 0 Å². The van der Waals surface area contributed by atoms with Gasteiger partial charge in [0.2, 0.25) is 0 Å². The molecule has 0 aromatic heterocycles. The van der Waals surface area contributed by atoms with Gasteiger partial charge in [0, 0.05) is 6.04 Å². The maximum atomic E-state index is 10.8. The van der Waals surface area contributed by atoms with Gasteiger partial charge in [0.1, 0.15) is 0 Å². The third-order valence-corrected chi connectivity index (χ3v) is 2.45. The van der Waals surface area contributed by atoms with Gasteiger partial charge in [-0.15, -0.1) is 0 Å². The third kappa shape index (κ3) is 1.93. The molecule has 1 aromatic carbocycles. The van der Waals surface area contributed by atoms with Crippen LogP contribution in [0.5, 0.6) is 0 Å². The van der Waals surface area contributed by atoms with Crippen LogP contribution in [0, 0.1) is 6.92 Å². The topological polar surface area (TPSA) is 63.3 Å². The minimum Gasteiger partial charge on any atom is -0.478 e. The first-order chi connectivity index (χ1) is 6.57. The number of hydrogen-bond donors (Lipinski definition) is 2. The van der Waals surface area contributed by atoms with Crippen molar-refractivity contribution in [1.29, 1.82) is 0 Å². The van der Waals surface area contributed by atoms with Crippen molar-refractivity contribution in [1.82, 2.24) is 0 Å². The summed E-state index contributed by atoms with van der Waals surface area (Å²) in [6.07, 6.45) is 0.809. The molecule has 1 atom stereocenters. The van der Waals surface area contributed by atoms with E-state index in [2.05, 4.69) is 0 Å². The van der Waals surface area contributed by atoms with Crippen molar-refractivity contribution >= 4 is 5.97 Å². The molecule has 0 saturated heterocycles. The predicted molar refractivity (Wildman–Crippen MR) is 55.4 cm³/mol. The van der Waals surface area contributed by atoms with Gasteiger partial charge in [-0.1, -0.05) is 19.1 Å². The van der Waals surface area contributed by atoms with E-state index in [9.17, 15) is 4.79 Å². The van der Waals surface area contributed by atoms with Crippen LogP contribution in [0.3, 0.4) is 0 Å². The monoisotopic (exact) mass is 193 g/mol. The van der Waals surface area contributed by atoms with E-state index in [1.807, 2.05) is 13.0 Å². The minimum atomic E-state index is -0.896. The smallest absolute Gasteiger partial charge is 0.335 e. The van der Waals surface area contributed by atoms with Gasteiger partial charge in [-0.25, -0.2) is 4.79 Å². The molecule has 1 rings (SSSR count). The number of carboxylic acid groups (broad SMARTS) is 1. The molecule has 3 nitrogen and oxygen atoms in total. The van der Waals surface area contributed by atoms with Crippen LogP contribution in [-0.4, -0.2) is 11.1 Å². The van der Waals surface area contributed by atoms with Gasteiger partial charge in [-0.2, -0.15) is 0 Å². The molecule has 0 amide bonds. The number of carboxylic acids is 1. The Morgan fingerprint density at radius 3 is 2.71 bits per heavy atom. The van der Waals surface area contributed by atoms with E-state index < -0.39 is 5.97 Å². The Morgan fingerprint density at radius 2 is 2.21 bits per heavy atom. The highest BCUT2D eigenvalue weighted by atomic mass is 16.4. The Morgan fingerprint density at radius 1 is 1.57 bits per heavy atom. The zero-order valence-corrected chi connectivity index (χ0v) is 8.45. The average Bonchev–Trinajstić information content (AvgIpc) is 2.16. The van der Waals surface area contributed by atoms with Crippen LogP contribution in [-0.2, 0) is 0 Å². The first kappa shape index (κ1) is 10.7. The largest absolute Gasteiger partial charge is 0.478 e. The summed E-state index contributed by atoms with van der Waals surface area (Å²) in [6.45, 7) is 3.78. The maximum absolute atomic E-state index is 10.8. The number of carbonyl (C=O) groups is 1. The maximum Gasteiger partial charge on any atom is 0.335 e. The second-order valence-corrected chi connectivity index (χ2v) is 3.34. The summed E-state index contributed by atoms with van der Waals surface area (Å²) in [5, 5.41) is 8.90. The van der Waals surface area contributed by atoms with Crippen molar-refractivity contribution in [2.75, 3.05) is 0 Å². The van der Waals surface area contributed by atoms with Gasteiger partial charge < -0.3 is 10.8 Å². The summed E-state index contributed by atoms with van der Waals surface area (Å²) >= 11 is 0. The molecule has 1 unspecified atom stereocenters. The van der Waals surface area contributed by atoms with E-state index in [-0.39, 0.29) is 6.04 Å². The highest BCUT2D eigenvalue weighted by Crippen LogP contribution is 2.21. The average molecular weight is 193 g/mol. The third-order valence-electron chi connectivity index (χ3n) is 2.45. The molecule has 3 heteroatoms. The molecule has 0 spiro atoms. The van der Waals surface area contributed by atoms with Crippen LogP contribution in [0.15, 0.2) is 18.2 Å². The van der Waals surface area contributed by atoms with Crippen LogP contribution in [0.25, 0.3) is 0 Å². The predicted octanol–water partition coefficient (Wildman–Crippen LogP) is 2.10. The lowest BCUT2D eigenvalue weighted by Crippen LogP contribution is -2.12. The first-order valence-electron chi connectivity index (χ1n) is 4.66. The standard InChI is InChI=1S/C11H15NO2/c1-3-10(12)8-5-4-6-9(7(8)2)11(13)14/h4-6,10H,3,12H2,1-2H3,(H,13,14). The lowest BCUT2D eigenvalue weighted by molar-refractivity contribution is 0.0696. The SMILES string of the molecule is CCC(N)c1cccc(C(=O)O)c1C. The zero-order chi connectivity index (χ0) is 10.7. The van der Waals surface area contributed by atoms with Crippen molar-refractivity contribution in [2.24, 2.45) is 5.73 Å². The Bertz CT molecular complexity index is 347. The lowest BCUT2D eigenvalue weighted by atomic mass is 9.96. The van der Waals surface area contributed by atoms with Gasteiger partial charge in [0.15, 0.2) is 0 Å². The van der Waals surface area contributed by atoms with Crippen molar-refractivity contribution in [3.05, 3.63) is 34.9 Å². The molecule has 0 bridgehead atoms. The van der Waals surface area contributed by atoms with Crippen molar-refractivity contribution < 1.29 is 9.90 Å². The molecule has 1 aromatic rings. The molecule has 0 aliphatic rings. The first-order valence-corrected chi connectivity index (χ1v) is 4.66. The van der Waals surface area contributed by atoms with Crippen LogP contribution in [0.4, 0.5) is 0 Å². The molecule has 0 saturated carbocycles. The minimum absolute atomic E-state index is 0.0747. The zero-order valence-electron chi connectivity index (χ0n) is 8.45. The van der Waals surface area contributed by atoms with Crippen LogP contribution >= 0.6 is 0 Å². The highest BCUT2D eigenvalue weighted by Gasteiger charge is 2.13. The van der Waals surface area contributed by atoms with E-state index in [4.69, 9.17) is 10.8 Å².